The van der Waals surface area contributed by atoms with Crippen LogP contribution < -0.4 is 5.32 Å². The van der Waals surface area contributed by atoms with E-state index >= 15 is 0 Å². The van der Waals surface area contributed by atoms with Crippen molar-refractivity contribution in [2.45, 2.75) is 32.2 Å². The van der Waals surface area contributed by atoms with Gasteiger partial charge in [0.25, 0.3) is 5.91 Å². The SMILES string of the molecule is Cc1cc(C(=O)N(C)C2CCCCNC2)nn1C. The molecule has 1 N–H and O–H groups in total. The second-order valence-electron chi connectivity index (χ2n) is 5.06. The number of aromatic nitrogens is 2. The Kier molecular flexibility index (Phi) is 4.01. The molecule has 1 saturated heterocycles. The molecule has 2 rings (SSSR count). The van der Waals surface area contributed by atoms with Crippen molar-refractivity contribution in [2.24, 2.45) is 7.05 Å². The van der Waals surface area contributed by atoms with Crippen molar-refractivity contribution in [2.75, 3.05) is 20.1 Å². The molecular weight excluding hydrogens is 228 g/mol. The Balaban J connectivity index is 2.07. The first-order valence-corrected chi connectivity index (χ1v) is 6.58. The van der Waals surface area contributed by atoms with Crippen molar-refractivity contribution in [3.8, 4) is 0 Å². The van der Waals surface area contributed by atoms with Crippen molar-refractivity contribution in [3.05, 3.63) is 17.5 Å². The number of aryl methyl sites for hydroxylation is 2. The lowest BCUT2D eigenvalue weighted by Gasteiger charge is -2.26. The Labute approximate surface area is 108 Å². The van der Waals surface area contributed by atoms with Gasteiger partial charge < -0.3 is 10.2 Å². The largest absolute Gasteiger partial charge is 0.336 e. The number of carbonyl (C=O) groups is 1. The Bertz CT molecular complexity index is 399. The van der Waals surface area contributed by atoms with Gasteiger partial charge in [-0.25, -0.2) is 0 Å². The average Bonchev–Trinajstić information content (AvgIpc) is 2.61. The van der Waals surface area contributed by atoms with E-state index in [2.05, 4.69) is 10.4 Å². The van der Waals surface area contributed by atoms with Crippen LogP contribution in [0.25, 0.3) is 0 Å². The van der Waals surface area contributed by atoms with Gasteiger partial charge >= 0.3 is 0 Å². The first kappa shape index (κ1) is 13.1. The summed E-state index contributed by atoms with van der Waals surface area (Å²) in [5.41, 5.74) is 1.55. The van der Waals surface area contributed by atoms with E-state index in [-0.39, 0.29) is 11.9 Å². The predicted molar refractivity (Wildman–Crippen MR) is 70.5 cm³/mol. The molecule has 0 bridgehead atoms. The molecule has 1 aliphatic heterocycles. The van der Waals surface area contributed by atoms with Gasteiger partial charge in [0, 0.05) is 32.4 Å². The normalized spacial score (nSPS) is 20.5. The van der Waals surface area contributed by atoms with Crippen LogP contribution in [0.2, 0.25) is 0 Å². The fourth-order valence-corrected chi connectivity index (χ4v) is 2.34. The summed E-state index contributed by atoms with van der Waals surface area (Å²) in [6, 6.07) is 2.13. The molecule has 1 atom stereocenters. The number of hydrogen-bond acceptors (Lipinski definition) is 3. The van der Waals surface area contributed by atoms with Gasteiger partial charge in [-0.05, 0) is 32.4 Å². The third kappa shape index (κ3) is 2.72. The fraction of sp³-hybridized carbons (Fsp3) is 0.692. The number of nitrogens with zero attached hydrogens (tertiary/aromatic N) is 3. The molecule has 0 spiro atoms. The summed E-state index contributed by atoms with van der Waals surface area (Å²) in [6.07, 6.45) is 3.44. The molecule has 1 aromatic rings. The molecule has 1 aromatic heterocycles. The summed E-state index contributed by atoms with van der Waals surface area (Å²) in [5, 5.41) is 7.64. The van der Waals surface area contributed by atoms with Gasteiger partial charge in [0.15, 0.2) is 5.69 Å². The second-order valence-corrected chi connectivity index (χ2v) is 5.06. The van der Waals surface area contributed by atoms with Gasteiger partial charge in [0.05, 0.1) is 0 Å². The van der Waals surface area contributed by atoms with Crippen molar-refractivity contribution in [1.29, 1.82) is 0 Å². The summed E-state index contributed by atoms with van der Waals surface area (Å²) in [4.78, 5) is 14.2. The fourth-order valence-electron chi connectivity index (χ4n) is 2.34. The first-order chi connectivity index (χ1) is 8.59. The maximum atomic E-state index is 12.3. The molecule has 1 amide bonds. The minimum atomic E-state index is 0.0207. The van der Waals surface area contributed by atoms with Crippen molar-refractivity contribution < 1.29 is 4.79 Å². The molecule has 0 aliphatic carbocycles. The zero-order valence-corrected chi connectivity index (χ0v) is 11.4. The summed E-state index contributed by atoms with van der Waals surface area (Å²) < 4.78 is 1.74. The van der Waals surface area contributed by atoms with E-state index in [0.717, 1.165) is 25.2 Å². The molecule has 5 heteroatoms. The summed E-state index contributed by atoms with van der Waals surface area (Å²) in [5.74, 6) is 0.0207. The molecule has 100 valence electrons. The van der Waals surface area contributed by atoms with E-state index in [9.17, 15) is 4.79 Å². The van der Waals surface area contributed by atoms with Crippen molar-refractivity contribution >= 4 is 5.91 Å². The van der Waals surface area contributed by atoms with E-state index in [1.54, 1.807) is 4.68 Å². The van der Waals surface area contributed by atoms with Crippen LogP contribution in [0.15, 0.2) is 6.07 Å². The molecule has 18 heavy (non-hydrogen) atoms. The van der Waals surface area contributed by atoms with E-state index in [1.165, 1.54) is 12.8 Å². The minimum absolute atomic E-state index is 0.0207. The second kappa shape index (κ2) is 5.52. The zero-order valence-electron chi connectivity index (χ0n) is 11.4. The van der Waals surface area contributed by atoms with Crippen molar-refractivity contribution in [3.63, 3.8) is 0 Å². The van der Waals surface area contributed by atoms with E-state index in [4.69, 9.17) is 0 Å². The van der Waals surface area contributed by atoms with E-state index < -0.39 is 0 Å². The average molecular weight is 250 g/mol. The molecule has 0 saturated carbocycles. The highest BCUT2D eigenvalue weighted by Crippen LogP contribution is 2.13. The Morgan fingerprint density at radius 3 is 3.00 bits per heavy atom. The number of amides is 1. The highest BCUT2D eigenvalue weighted by molar-refractivity contribution is 5.92. The summed E-state index contributed by atoms with van der Waals surface area (Å²) >= 11 is 0. The van der Waals surface area contributed by atoms with Gasteiger partial charge in [0.2, 0.25) is 0 Å². The Morgan fingerprint density at radius 2 is 2.33 bits per heavy atom. The monoisotopic (exact) mass is 250 g/mol. The molecule has 5 nitrogen and oxygen atoms in total. The first-order valence-electron chi connectivity index (χ1n) is 6.58. The number of hydrogen-bond donors (Lipinski definition) is 1. The Hall–Kier alpha value is -1.36. The van der Waals surface area contributed by atoms with E-state index in [0.29, 0.717) is 5.69 Å². The molecule has 0 radical (unpaired) electrons. The van der Waals surface area contributed by atoms with Gasteiger partial charge in [-0.3, -0.25) is 9.48 Å². The molecule has 1 unspecified atom stereocenters. The topological polar surface area (TPSA) is 50.2 Å². The highest BCUT2D eigenvalue weighted by atomic mass is 16.2. The van der Waals surface area contributed by atoms with Gasteiger partial charge in [-0.2, -0.15) is 5.10 Å². The van der Waals surface area contributed by atoms with E-state index in [1.807, 2.05) is 32.0 Å². The number of nitrogens with one attached hydrogen (secondary N) is 1. The lowest BCUT2D eigenvalue weighted by molar-refractivity contribution is 0.0719. The smallest absolute Gasteiger partial charge is 0.274 e. The van der Waals surface area contributed by atoms with Crippen LogP contribution in [-0.2, 0) is 7.05 Å². The summed E-state index contributed by atoms with van der Waals surface area (Å²) in [6.45, 7) is 3.90. The maximum absolute atomic E-state index is 12.3. The summed E-state index contributed by atoms with van der Waals surface area (Å²) in [7, 11) is 3.74. The maximum Gasteiger partial charge on any atom is 0.274 e. The molecule has 1 fully saturated rings. The van der Waals surface area contributed by atoms with Gasteiger partial charge in [-0.1, -0.05) is 6.42 Å². The predicted octanol–water partition coefficient (Wildman–Crippen LogP) is 0.943. The molecule has 2 heterocycles. The third-order valence-electron chi connectivity index (χ3n) is 3.72. The van der Waals surface area contributed by atoms with Crippen LogP contribution >= 0.6 is 0 Å². The van der Waals surface area contributed by atoms with Gasteiger partial charge in [0.1, 0.15) is 0 Å². The standard InChI is InChI=1S/C13H22N4O/c1-10-8-12(15-17(10)3)13(18)16(2)11-6-4-5-7-14-9-11/h8,11,14H,4-7,9H2,1-3H3. The third-order valence-corrected chi connectivity index (χ3v) is 3.72. The van der Waals surface area contributed by atoms with Crippen LogP contribution in [-0.4, -0.2) is 46.8 Å². The Morgan fingerprint density at radius 1 is 1.56 bits per heavy atom. The van der Waals surface area contributed by atoms with Crippen LogP contribution in [0.4, 0.5) is 0 Å². The highest BCUT2D eigenvalue weighted by Gasteiger charge is 2.23. The number of rotatable bonds is 2. The van der Waals surface area contributed by atoms with Crippen LogP contribution in [0, 0.1) is 6.92 Å². The van der Waals surface area contributed by atoms with Crippen molar-refractivity contribution in [1.82, 2.24) is 20.0 Å². The molecule has 1 aliphatic rings. The van der Waals surface area contributed by atoms with Gasteiger partial charge in [-0.15, -0.1) is 0 Å². The minimum Gasteiger partial charge on any atom is -0.336 e. The number of carbonyl (C=O) groups excluding carboxylic acids is 1. The lowest BCUT2D eigenvalue weighted by Crippen LogP contribution is -2.42. The van der Waals surface area contributed by atoms with Crippen LogP contribution in [0.3, 0.4) is 0 Å². The molecule has 0 aromatic carbocycles. The lowest BCUT2D eigenvalue weighted by atomic mass is 10.1. The van der Waals surface area contributed by atoms with Crippen LogP contribution in [0.1, 0.15) is 35.4 Å². The van der Waals surface area contributed by atoms with Crippen LogP contribution in [0.5, 0.6) is 0 Å². The quantitative estimate of drug-likeness (QED) is 0.850. The number of likely N-dealkylation sites (N-methyl/N-ethyl adjacent to an activating group) is 1. The zero-order chi connectivity index (χ0) is 13.1. The molecular formula is C13H22N4O.